The molecule has 0 unspecified atom stereocenters. The third-order valence-electron chi connectivity index (χ3n) is 4.00. The van der Waals surface area contributed by atoms with Gasteiger partial charge in [-0.15, -0.1) is 0 Å². The summed E-state index contributed by atoms with van der Waals surface area (Å²) in [5, 5.41) is 5.38. The summed E-state index contributed by atoms with van der Waals surface area (Å²) in [6, 6.07) is 11.8. The zero-order chi connectivity index (χ0) is 21.9. The number of carbonyl (C=O) groups excluding carboxylic acids is 3. The maximum Gasteiger partial charge on any atom is 0.513 e. The fourth-order valence-corrected chi connectivity index (χ4v) is 2.55. The Labute approximate surface area is 175 Å². The second-order valence-corrected chi connectivity index (χ2v) is 6.47. The van der Waals surface area contributed by atoms with E-state index in [0.29, 0.717) is 11.3 Å². The van der Waals surface area contributed by atoms with Crippen LogP contribution in [0.5, 0.6) is 11.5 Å². The standard InChI is InChI=1S/C22H26N2O6/c1-4-28-22(27)30-18-8-6-17(7-9-18)21(26)24-12-11-23-20(25)14-29-19-10-5-15(2)13-16(19)3/h5-10,13H,4,11-12,14H2,1-3H3,(H,23,25)(H,24,26). The number of hydrogen-bond acceptors (Lipinski definition) is 6. The first kappa shape index (κ1) is 22.7. The van der Waals surface area contributed by atoms with Gasteiger partial charge in [-0.1, -0.05) is 17.7 Å². The molecule has 0 spiro atoms. The van der Waals surface area contributed by atoms with Crippen molar-refractivity contribution in [3.8, 4) is 11.5 Å². The Bertz CT molecular complexity index is 880. The van der Waals surface area contributed by atoms with Gasteiger partial charge in [0.25, 0.3) is 11.8 Å². The van der Waals surface area contributed by atoms with E-state index in [4.69, 9.17) is 9.47 Å². The number of amides is 2. The molecule has 2 rings (SSSR count). The molecule has 0 bridgehead atoms. The third-order valence-corrected chi connectivity index (χ3v) is 4.00. The quantitative estimate of drug-likeness (QED) is 0.372. The van der Waals surface area contributed by atoms with Crippen LogP contribution in [0.1, 0.15) is 28.4 Å². The van der Waals surface area contributed by atoms with Crippen LogP contribution in [0, 0.1) is 13.8 Å². The van der Waals surface area contributed by atoms with E-state index in [0.717, 1.165) is 11.1 Å². The van der Waals surface area contributed by atoms with Gasteiger partial charge >= 0.3 is 6.16 Å². The number of benzene rings is 2. The molecule has 0 atom stereocenters. The summed E-state index contributed by atoms with van der Waals surface area (Å²) >= 11 is 0. The molecule has 2 aromatic rings. The van der Waals surface area contributed by atoms with E-state index in [1.54, 1.807) is 6.92 Å². The van der Waals surface area contributed by atoms with Gasteiger partial charge in [-0.25, -0.2) is 4.79 Å². The van der Waals surface area contributed by atoms with Crippen LogP contribution in [0.4, 0.5) is 4.79 Å². The predicted molar refractivity (Wildman–Crippen MR) is 111 cm³/mol. The van der Waals surface area contributed by atoms with Crippen molar-refractivity contribution in [2.45, 2.75) is 20.8 Å². The number of nitrogens with one attached hydrogen (secondary N) is 2. The number of carbonyl (C=O) groups is 3. The monoisotopic (exact) mass is 414 g/mol. The highest BCUT2D eigenvalue weighted by Gasteiger charge is 2.09. The highest BCUT2D eigenvalue weighted by molar-refractivity contribution is 5.94. The van der Waals surface area contributed by atoms with Crippen LogP contribution in [0.3, 0.4) is 0 Å². The first-order chi connectivity index (χ1) is 14.4. The van der Waals surface area contributed by atoms with Gasteiger partial charge in [-0.3, -0.25) is 9.59 Å². The average molecular weight is 414 g/mol. The molecule has 8 nitrogen and oxygen atoms in total. The van der Waals surface area contributed by atoms with Crippen LogP contribution in [0.2, 0.25) is 0 Å². The minimum absolute atomic E-state index is 0.0974. The Kier molecular flexibility index (Phi) is 8.68. The van der Waals surface area contributed by atoms with Crippen molar-refractivity contribution in [1.82, 2.24) is 10.6 Å². The van der Waals surface area contributed by atoms with Gasteiger partial charge in [0.05, 0.1) is 6.61 Å². The number of ether oxygens (including phenoxy) is 3. The molecule has 2 N–H and O–H groups in total. The lowest BCUT2D eigenvalue weighted by atomic mass is 10.1. The molecular weight excluding hydrogens is 388 g/mol. The second-order valence-electron chi connectivity index (χ2n) is 6.47. The Morgan fingerprint density at radius 1 is 0.933 bits per heavy atom. The average Bonchev–Trinajstić information content (AvgIpc) is 2.71. The summed E-state index contributed by atoms with van der Waals surface area (Å²) in [6.07, 6.45) is -0.799. The summed E-state index contributed by atoms with van der Waals surface area (Å²) < 4.78 is 15.1. The fraction of sp³-hybridized carbons (Fsp3) is 0.318. The minimum atomic E-state index is -0.799. The van der Waals surface area contributed by atoms with E-state index in [9.17, 15) is 14.4 Å². The van der Waals surface area contributed by atoms with E-state index in [1.165, 1.54) is 24.3 Å². The van der Waals surface area contributed by atoms with Gasteiger partial charge < -0.3 is 24.8 Å². The lowest BCUT2D eigenvalue weighted by molar-refractivity contribution is -0.123. The molecular formula is C22H26N2O6. The summed E-state index contributed by atoms with van der Waals surface area (Å²) in [7, 11) is 0. The number of aryl methyl sites for hydroxylation is 2. The van der Waals surface area contributed by atoms with Crippen LogP contribution >= 0.6 is 0 Å². The molecule has 0 fully saturated rings. The van der Waals surface area contributed by atoms with Crippen molar-refractivity contribution >= 4 is 18.0 Å². The Balaban J connectivity index is 1.67. The SMILES string of the molecule is CCOC(=O)Oc1ccc(C(=O)NCCNC(=O)COc2ccc(C)cc2C)cc1. The van der Waals surface area contributed by atoms with Gasteiger partial charge in [-0.05, 0) is 56.7 Å². The normalized spacial score (nSPS) is 10.1. The molecule has 2 aromatic carbocycles. The molecule has 0 aliphatic rings. The van der Waals surface area contributed by atoms with Crippen molar-refractivity contribution in [2.75, 3.05) is 26.3 Å². The van der Waals surface area contributed by atoms with Gasteiger partial charge in [0.1, 0.15) is 11.5 Å². The summed E-state index contributed by atoms with van der Waals surface area (Å²) in [5.41, 5.74) is 2.49. The molecule has 8 heteroatoms. The Morgan fingerprint density at radius 2 is 1.63 bits per heavy atom. The number of rotatable bonds is 9. The first-order valence-electron chi connectivity index (χ1n) is 9.58. The van der Waals surface area contributed by atoms with Crippen LogP contribution < -0.4 is 20.1 Å². The second kappa shape index (κ2) is 11.5. The highest BCUT2D eigenvalue weighted by Crippen LogP contribution is 2.18. The predicted octanol–water partition coefficient (Wildman–Crippen LogP) is 2.76. The van der Waals surface area contributed by atoms with E-state index in [2.05, 4.69) is 15.4 Å². The van der Waals surface area contributed by atoms with Gasteiger partial charge in [0, 0.05) is 18.7 Å². The topological polar surface area (TPSA) is 103 Å². The molecule has 0 aliphatic carbocycles. The van der Waals surface area contributed by atoms with Crippen molar-refractivity contribution in [2.24, 2.45) is 0 Å². The van der Waals surface area contributed by atoms with E-state index in [-0.39, 0.29) is 43.9 Å². The molecule has 0 aliphatic heterocycles. The van der Waals surface area contributed by atoms with E-state index >= 15 is 0 Å². The van der Waals surface area contributed by atoms with E-state index < -0.39 is 6.16 Å². The zero-order valence-corrected chi connectivity index (χ0v) is 17.3. The fourth-order valence-electron chi connectivity index (χ4n) is 2.55. The minimum Gasteiger partial charge on any atom is -0.484 e. The maximum absolute atomic E-state index is 12.1. The van der Waals surface area contributed by atoms with Crippen LogP contribution in [0.15, 0.2) is 42.5 Å². The van der Waals surface area contributed by atoms with Crippen molar-refractivity contribution in [1.29, 1.82) is 0 Å². The molecule has 0 radical (unpaired) electrons. The Hall–Kier alpha value is -3.55. The van der Waals surface area contributed by atoms with Gasteiger partial charge in [-0.2, -0.15) is 0 Å². The highest BCUT2D eigenvalue weighted by atomic mass is 16.7. The van der Waals surface area contributed by atoms with Crippen LogP contribution in [-0.4, -0.2) is 44.3 Å². The molecule has 0 aromatic heterocycles. The molecule has 0 heterocycles. The lowest BCUT2D eigenvalue weighted by Crippen LogP contribution is -2.36. The van der Waals surface area contributed by atoms with Gasteiger partial charge in [0.15, 0.2) is 6.61 Å². The third kappa shape index (κ3) is 7.46. The lowest BCUT2D eigenvalue weighted by Gasteiger charge is -2.11. The summed E-state index contributed by atoms with van der Waals surface area (Å²) in [6.45, 7) is 6.23. The summed E-state index contributed by atoms with van der Waals surface area (Å²) in [5.74, 6) is 0.365. The largest absolute Gasteiger partial charge is 0.513 e. The van der Waals surface area contributed by atoms with Gasteiger partial charge in [0.2, 0.25) is 0 Å². The van der Waals surface area contributed by atoms with E-state index in [1.807, 2.05) is 32.0 Å². The van der Waals surface area contributed by atoms with Crippen molar-refractivity contribution in [3.63, 3.8) is 0 Å². The molecule has 2 amide bonds. The van der Waals surface area contributed by atoms with Crippen LogP contribution in [0.25, 0.3) is 0 Å². The zero-order valence-electron chi connectivity index (χ0n) is 17.3. The Morgan fingerprint density at radius 3 is 2.30 bits per heavy atom. The molecule has 0 saturated carbocycles. The molecule has 160 valence electrons. The smallest absolute Gasteiger partial charge is 0.484 e. The van der Waals surface area contributed by atoms with Crippen LogP contribution in [-0.2, 0) is 9.53 Å². The number of hydrogen-bond donors (Lipinski definition) is 2. The molecule has 0 saturated heterocycles. The molecule has 30 heavy (non-hydrogen) atoms. The maximum atomic E-state index is 12.1. The van der Waals surface area contributed by atoms with Crippen molar-refractivity contribution in [3.05, 3.63) is 59.2 Å². The first-order valence-corrected chi connectivity index (χ1v) is 9.58. The van der Waals surface area contributed by atoms with Crippen molar-refractivity contribution < 1.29 is 28.6 Å². The summed E-state index contributed by atoms with van der Waals surface area (Å²) in [4.78, 5) is 35.3.